The molecule has 1 rings (SSSR count). The average molecular weight is 304 g/mol. The number of halogens is 2. The van der Waals surface area contributed by atoms with E-state index in [1.54, 1.807) is 25.1 Å². The minimum Gasteiger partial charge on any atom is -0.465 e. The molecular weight excluding hydrogens is 285 g/mol. The van der Waals surface area contributed by atoms with Crippen LogP contribution >= 0.6 is 23.2 Å². The minimum atomic E-state index is -0.589. The van der Waals surface area contributed by atoms with E-state index in [9.17, 15) is 4.79 Å². The number of benzene rings is 1. The van der Waals surface area contributed by atoms with Gasteiger partial charge in [0, 0.05) is 15.6 Å². The van der Waals surface area contributed by atoms with Gasteiger partial charge >= 0.3 is 5.97 Å². The fourth-order valence-electron chi connectivity index (χ4n) is 1.64. The summed E-state index contributed by atoms with van der Waals surface area (Å²) in [6.45, 7) is 6.92. The topological polar surface area (TPSA) is 38.3 Å². The van der Waals surface area contributed by atoms with Crippen LogP contribution in [0.5, 0.6) is 0 Å². The predicted molar refractivity (Wildman–Crippen MR) is 78.7 cm³/mol. The molecule has 0 saturated heterocycles. The number of hydrogen-bond acceptors (Lipinski definition) is 3. The van der Waals surface area contributed by atoms with Crippen LogP contribution in [0.4, 0.5) is 0 Å². The first-order valence-electron chi connectivity index (χ1n) is 6.30. The van der Waals surface area contributed by atoms with Crippen LogP contribution in [-0.2, 0) is 9.53 Å². The van der Waals surface area contributed by atoms with Crippen molar-refractivity contribution >= 4 is 29.2 Å². The van der Waals surface area contributed by atoms with Gasteiger partial charge in [0.1, 0.15) is 6.04 Å². The lowest BCUT2D eigenvalue weighted by Crippen LogP contribution is -2.33. The molecule has 0 aliphatic carbocycles. The van der Waals surface area contributed by atoms with Crippen molar-refractivity contribution < 1.29 is 9.53 Å². The molecule has 1 atom stereocenters. The number of hydrogen-bond donors (Lipinski definition) is 1. The average Bonchev–Trinajstić information content (AvgIpc) is 2.33. The maximum Gasteiger partial charge on any atom is 0.327 e. The number of esters is 1. The molecule has 0 aliphatic rings. The lowest BCUT2D eigenvalue weighted by Gasteiger charge is -2.20. The molecule has 0 saturated carbocycles. The van der Waals surface area contributed by atoms with Crippen molar-refractivity contribution in [1.29, 1.82) is 0 Å². The summed E-state index contributed by atoms with van der Waals surface area (Å²) in [7, 11) is 0. The Morgan fingerprint density at radius 2 is 2.05 bits per heavy atom. The smallest absolute Gasteiger partial charge is 0.327 e. The number of carbonyl (C=O) groups is 1. The normalized spacial score (nSPS) is 12.5. The maximum absolute atomic E-state index is 12.0. The molecular formula is C14H19Cl2NO2. The molecule has 0 heterocycles. The molecule has 0 aliphatic heterocycles. The van der Waals surface area contributed by atoms with Crippen LogP contribution in [0, 0.1) is 5.92 Å². The Labute approximate surface area is 124 Å². The lowest BCUT2D eigenvalue weighted by atomic mass is 10.1. The van der Waals surface area contributed by atoms with Crippen LogP contribution in [0.3, 0.4) is 0 Å². The van der Waals surface area contributed by atoms with Crippen LogP contribution < -0.4 is 5.32 Å². The van der Waals surface area contributed by atoms with Gasteiger partial charge in [0.25, 0.3) is 0 Å². The number of ether oxygens (including phenoxy) is 1. The number of carbonyl (C=O) groups excluding carboxylic acids is 1. The molecule has 1 aromatic rings. The third-order valence-corrected chi connectivity index (χ3v) is 3.10. The van der Waals surface area contributed by atoms with Crippen LogP contribution in [0.1, 0.15) is 32.4 Å². The summed E-state index contributed by atoms with van der Waals surface area (Å²) in [4.78, 5) is 12.0. The van der Waals surface area contributed by atoms with Gasteiger partial charge in [0.15, 0.2) is 0 Å². The summed E-state index contributed by atoms with van der Waals surface area (Å²) in [5.41, 5.74) is 0.647. The molecule has 3 nitrogen and oxygen atoms in total. The zero-order chi connectivity index (χ0) is 14.4. The maximum atomic E-state index is 12.0. The molecule has 19 heavy (non-hydrogen) atoms. The summed E-state index contributed by atoms with van der Waals surface area (Å²) in [6, 6.07) is 4.48. The van der Waals surface area contributed by atoms with E-state index in [1.165, 1.54) is 0 Å². The highest BCUT2D eigenvalue weighted by Crippen LogP contribution is 2.27. The summed E-state index contributed by atoms with van der Waals surface area (Å²) >= 11 is 12.1. The van der Waals surface area contributed by atoms with Crippen molar-refractivity contribution in [3.63, 3.8) is 0 Å². The van der Waals surface area contributed by atoms with Gasteiger partial charge in [-0.3, -0.25) is 0 Å². The van der Waals surface area contributed by atoms with E-state index in [2.05, 4.69) is 19.2 Å². The highest BCUT2D eigenvalue weighted by molar-refractivity contribution is 6.33. The second-order valence-electron chi connectivity index (χ2n) is 4.65. The third-order valence-electron chi connectivity index (χ3n) is 2.52. The molecule has 1 aromatic carbocycles. The van der Waals surface area contributed by atoms with Crippen LogP contribution in [0.25, 0.3) is 0 Å². The van der Waals surface area contributed by atoms with Crippen molar-refractivity contribution in [3.8, 4) is 0 Å². The van der Waals surface area contributed by atoms with E-state index in [0.717, 1.165) is 0 Å². The van der Waals surface area contributed by atoms with Gasteiger partial charge in [-0.15, -0.1) is 0 Å². The van der Waals surface area contributed by atoms with E-state index in [0.29, 0.717) is 34.7 Å². The Bertz CT molecular complexity index is 435. The monoisotopic (exact) mass is 303 g/mol. The zero-order valence-electron chi connectivity index (χ0n) is 11.4. The fraction of sp³-hybridized carbons (Fsp3) is 0.500. The van der Waals surface area contributed by atoms with E-state index in [1.807, 2.05) is 0 Å². The SMILES string of the molecule is CCOC(=O)C(NCC(C)C)c1cc(Cl)ccc1Cl. The first kappa shape index (κ1) is 16.3. The Kier molecular flexibility index (Phi) is 6.63. The molecule has 0 fully saturated rings. The fourth-order valence-corrected chi connectivity index (χ4v) is 2.04. The Balaban J connectivity index is 3.00. The third kappa shape index (κ3) is 5.01. The number of rotatable bonds is 6. The van der Waals surface area contributed by atoms with Crippen LogP contribution in [-0.4, -0.2) is 19.1 Å². The second kappa shape index (κ2) is 7.73. The largest absolute Gasteiger partial charge is 0.465 e. The van der Waals surface area contributed by atoms with Crippen molar-refractivity contribution in [2.75, 3.05) is 13.2 Å². The highest BCUT2D eigenvalue weighted by atomic mass is 35.5. The lowest BCUT2D eigenvalue weighted by molar-refractivity contribution is -0.145. The van der Waals surface area contributed by atoms with Gasteiger partial charge in [0.2, 0.25) is 0 Å². The summed E-state index contributed by atoms with van der Waals surface area (Å²) in [6.07, 6.45) is 0. The molecule has 0 amide bonds. The molecule has 106 valence electrons. The van der Waals surface area contributed by atoms with E-state index >= 15 is 0 Å². The van der Waals surface area contributed by atoms with Gasteiger partial charge in [-0.05, 0) is 37.6 Å². The summed E-state index contributed by atoms with van der Waals surface area (Å²) in [5.74, 6) is 0.0715. The quantitative estimate of drug-likeness (QED) is 0.811. The predicted octanol–water partition coefficient (Wildman–Crippen LogP) is 3.84. The molecule has 0 radical (unpaired) electrons. The van der Waals surface area contributed by atoms with Gasteiger partial charge < -0.3 is 10.1 Å². The molecule has 1 N–H and O–H groups in total. The van der Waals surface area contributed by atoms with Crippen LogP contribution in [0.15, 0.2) is 18.2 Å². The van der Waals surface area contributed by atoms with Crippen molar-refractivity contribution in [2.45, 2.75) is 26.8 Å². The Hall–Kier alpha value is -0.770. The van der Waals surface area contributed by atoms with E-state index < -0.39 is 6.04 Å². The van der Waals surface area contributed by atoms with Gasteiger partial charge in [-0.1, -0.05) is 37.0 Å². The molecule has 0 spiro atoms. The standard InChI is InChI=1S/C14H19Cl2NO2/c1-4-19-14(18)13(17-8-9(2)3)11-7-10(15)5-6-12(11)16/h5-7,9,13,17H,4,8H2,1-3H3. The van der Waals surface area contributed by atoms with Crippen LogP contribution in [0.2, 0.25) is 10.0 Å². The number of nitrogens with one attached hydrogen (secondary N) is 1. The van der Waals surface area contributed by atoms with Crippen molar-refractivity contribution in [2.24, 2.45) is 5.92 Å². The Morgan fingerprint density at radius 3 is 2.63 bits per heavy atom. The first-order chi connectivity index (χ1) is 8.95. The van der Waals surface area contributed by atoms with Crippen molar-refractivity contribution in [1.82, 2.24) is 5.32 Å². The second-order valence-corrected chi connectivity index (χ2v) is 5.50. The van der Waals surface area contributed by atoms with Gasteiger partial charge in [0.05, 0.1) is 6.61 Å². The van der Waals surface area contributed by atoms with Crippen molar-refractivity contribution in [3.05, 3.63) is 33.8 Å². The zero-order valence-corrected chi connectivity index (χ0v) is 12.9. The minimum absolute atomic E-state index is 0.330. The molecule has 5 heteroatoms. The Morgan fingerprint density at radius 1 is 1.37 bits per heavy atom. The highest BCUT2D eigenvalue weighted by Gasteiger charge is 2.24. The van der Waals surface area contributed by atoms with E-state index in [4.69, 9.17) is 27.9 Å². The van der Waals surface area contributed by atoms with E-state index in [-0.39, 0.29) is 5.97 Å². The summed E-state index contributed by atoms with van der Waals surface area (Å²) < 4.78 is 5.08. The van der Waals surface area contributed by atoms with Gasteiger partial charge in [-0.25, -0.2) is 4.79 Å². The molecule has 0 bridgehead atoms. The first-order valence-corrected chi connectivity index (χ1v) is 7.06. The van der Waals surface area contributed by atoms with Gasteiger partial charge in [-0.2, -0.15) is 0 Å². The summed E-state index contributed by atoms with van der Waals surface area (Å²) in [5, 5.41) is 4.21. The molecule has 1 unspecified atom stereocenters. The molecule has 0 aromatic heterocycles.